The molecule has 2 aromatic carbocycles. The third-order valence-corrected chi connectivity index (χ3v) is 6.00. The molecule has 32 heavy (non-hydrogen) atoms. The van der Waals surface area contributed by atoms with Crippen LogP contribution in [0.1, 0.15) is 18.5 Å². The number of halogens is 1. The normalized spacial score (nSPS) is 15.6. The number of hydrogen-bond donors (Lipinski definition) is 0. The molecule has 4 aromatic rings. The van der Waals surface area contributed by atoms with Crippen molar-refractivity contribution in [3.8, 4) is 11.6 Å². The topological polar surface area (TPSA) is 54.4 Å². The Morgan fingerprint density at radius 1 is 0.906 bits per heavy atom. The average molecular weight is 429 g/mol. The molecule has 0 N–H and O–H groups in total. The molecule has 7 heteroatoms. The van der Waals surface area contributed by atoms with E-state index in [0.29, 0.717) is 11.6 Å². The van der Waals surface area contributed by atoms with Crippen molar-refractivity contribution in [1.29, 1.82) is 0 Å². The fourth-order valence-corrected chi connectivity index (χ4v) is 4.10. The summed E-state index contributed by atoms with van der Waals surface area (Å²) >= 11 is 0. The van der Waals surface area contributed by atoms with Crippen molar-refractivity contribution in [1.82, 2.24) is 19.9 Å². The minimum Gasteiger partial charge on any atom is -0.439 e. The Hall–Kier alpha value is -3.58. The minimum absolute atomic E-state index is 0.201. The van der Waals surface area contributed by atoms with Crippen LogP contribution in [0.2, 0.25) is 0 Å². The summed E-state index contributed by atoms with van der Waals surface area (Å²) in [7, 11) is 0. The summed E-state index contributed by atoms with van der Waals surface area (Å²) in [6.07, 6.45) is 5.14. The van der Waals surface area contributed by atoms with Gasteiger partial charge in [0.2, 0.25) is 5.88 Å². The van der Waals surface area contributed by atoms with Crippen molar-refractivity contribution in [2.75, 3.05) is 31.1 Å². The lowest BCUT2D eigenvalue weighted by Crippen LogP contribution is -2.47. The van der Waals surface area contributed by atoms with Gasteiger partial charge < -0.3 is 9.64 Å². The zero-order chi connectivity index (χ0) is 21.9. The van der Waals surface area contributed by atoms with Crippen LogP contribution in [0.5, 0.6) is 11.6 Å². The number of pyridine rings is 1. The molecule has 0 amide bonds. The number of rotatable bonds is 5. The molecule has 0 saturated carbocycles. The van der Waals surface area contributed by atoms with E-state index in [4.69, 9.17) is 4.74 Å². The van der Waals surface area contributed by atoms with E-state index in [-0.39, 0.29) is 11.9 Å². The molecule has 1 saturated heterocycles. The van der Waals surface area contributed by atoms with E-state index in [2.05, 4.69) is 31.7 Å². The molecule has 1 aliphatic heterocycles. The van der Waals surface area contributed by atoms with Crippen LogP contribution in [-0.2, 0) is 0 Å². The molecule has 0 bridgehead atoms. The summed E-state index contributed by atoms with van der Waals surface area (Å²) < 4.78 is 19.2. The zero-order valence-corrected chi connectivity index (χ0v) is 17.9. The van der Waals surface area contributed by atoms with Crippen LogP contribution in [0.25, 0.3) is 10.8 Å². The standard InChI is InChI=1S/C25H24FN5O/c1-18(19-2-5-22(26)6-3-19)30-10-12-31(13-11-30)24-15-25(29-17-28-24)32-23-7-4-20-8-9-27-16-21(20)14-23/h2-9,14-18H,10-13H2,1H3/t18-/m0/s1. The van der Waals surface area contributed by atoms with Crippen LogP contribution in [-0.4, -0.2) is 46.0 Å². The van der Waals surface area contributed by atoms with Gasteiger partial charge in [-0.3, -0.25) is 9.88 Å². The lowest BCUT2D eigenvalue weighted by molar-refractivity contribution is 0.198. The molecule has 0 spiro atoms. The fourth-order valence-electron chi connectivity index (χ4n) is 4.10. The Kier molecular flexibility index (Phi) is 5.64. The molecule has 2 aromatic heterocycles. The first-order valence-electron chi connectivity index (χ1n) is 10.7. The van der Waals surface area contributed by atoms with E-state index in [1.165, 1.54) is 12.1 Å². The Morgan fingerprint density at radius 2 is 1.72 bits per heavy atom. The number of benzene rings is 2. The highest BCUT2D eigenvalue weighted by Crippen LogP contribution is 2.27. The Bertz CT molecular complexity index is 1210. The molecule has 3 heterocycles. The number of ether oxygens (including phenoxy) is 1. The van der Waals surface area contributed by atoms with Gasteiger partial charge in [0.05, 0.1) is 0 Å². The van der Waals surface area contributed by atoms with Gasteiger partial charge in [0.1, 0.15) is 23.7 Å². The smallest absolute Gasteiger partial charge is 0.224 e. The monoisotopic (exact) mass is 429 g/mol. The fraction of sp³-hybridized carbons (Fsp3) is 0.240. The molecule has 0 aliphatic carbocycles. The second kappa shape index (κ2) is 8.88. The average Bonchev–Trinajstić information content (AvgIpc) is 2.84. The van der Waals surface area contributed by atoms with Crippen LogP contribution < -0.4 is 9.64 Å². The number of aromatic nitrogens is 3. The maximum Gasteiger partial charge on any atom is 0.224 e. The lowest BCUT2D eigenvalue weighted by atomic mass is 10.1. The number of nitrogens with zero attached hydrogens (tertiary/aromatic N) is 5. The highest BCUT2D eigenvalue weighted by atomic mass is 19.1. The first kappa shape index (κ1) is 20.3. The van der Waals surface area contributed by atoms with Crippen molar-refractivity contribution >= 4 is 16.6 Å². The van der Waals surface area contributed by atoms with Crippen molar-refractivity contribution in [2.45, 2.75) is 13.0 Å². The molecule has 6 nitrogen and oxygen atoms in total. The number of anilines is 1. The third kappa shape index (κ3) is 4.38. The van der Waals surface area contributed by atoms with Gasteiger partial charge in [0.25, 0.3) is 0 Å². The van der Waals surface area contributed by atoms with E-state index >= 15 is 0 Å². The van der Waals surface area contributed by atoms with E-state index in [1.807, 2.05) is 48.7 Å². The van der Waals surface area contributed by atoms with Crippen LogP contribution in [0.3, 0.4) is 0 Å². The largest absolute Gasteiger partial charge is 0.439 e. The predicted molar refractivity (Wildman–Crippen MR) is 122 cm³/mol. The SMILES string of the molecule is C[C@@H](c1ccc(F)cc1)N1CCN(c2cc(Oc3ccc4ccncc4c3)ncn2)CC1. The third-order valence-electron chi connectivity index (χ3n) is 6.00. The summed E-state index contributed by atoms with van der Waals surface area (Å²) in [5, 5.41) is 2.13. The van der Waals surface area contributed by atoms with Crippen LogP contribution in [0.4, 0.5) is 10.2 Å². The molecule has 162 valence electrons. The van der Waals surface area contributed by atoms with Gasteiger partial charge in [-0.15, -0.1) is 0 Å². The van der Waals surface area contributed by atoms with Gasteiger partial charge in [-0.1, -0.05) is 18.2 Å². The first-order chi connectivity index (χ1) is 15.7. The second-order valence-corrected chi connectivity index (χ2v) is 7.95. The number of hydrogen-bond acceptors (Lipinski definition) is 6. The van der Waals surface area contributed by atoms with Crippen LogP contribution in [0, 0.1) is 5.82 Å². The van der Waals surface area contributed by atoms with Crippen LogP contribution >= 0.6 is 0 Å². The molecule has 1 fully saturated rings. The van der Waals surface area contributed by atoms with Gasteiger partial charge in [-0.2, -0.15) is 0 Å². The summed E-state index contributed by atoms with van der Waals surface area (Å²) in [6.45, 7) is 5.67. The Balaban J connectivity index is 1.24. The molecule has 1 atom stereocenters. The lowest BCUT2D eigenvalue weighted by Gasteiger charge is -2.38. The van der Waals surface area contributed by atoms with Crippen molar-refractivity contribution < 1.29 is 9.13 Å². The number of fused-ring (bicyclic) bond motifs is 1. The zero-order valence-electron chi connectivity index (χ0n) is 17.9. The summed E-state index contributed by atoms with van der Waals surface area (Å²) in [5.74, 6) is 1.88. The molecule has 0 radical (unpaired) electrons. The maximum absolute atomic E-state index is 13.2. The highest BCUT2D eigenvalue weighted by molar-refractivity contribution is 5.82. The van der Waals surface area contributed by atoms with Crippen molar-refractivity contribution in [2.24, 2.45) is 0 Å². The molecular formula is C25H24FN5O. The van der Waals surface area contributed by atoms with Crippen molar-refractivity contribution in [3.63, 3.8) is 0 Å². The summed E-state index contributed by atoms with van der Waals surface area (Å²) in [4.78, 5) is 17.6. The van der Waals surface area contributed by atoms with E-state index in [1.54, 1.807) is 12.5 Å². The summed E-state index contributed by atoms with van der Waals surface area (Å²) in [6, 6.07) is 16.8. The van der Waals surface area contributed by atoms with E-state index in [9.17, 15) is 4.39 Å². The molecule has 0 unspecified atom stereocenters. The van der Waals surface area contributed by atoms with Gasteiger partial charge in [0, 0.05) is 56.1 Å². The van der Waals surface area contributed by atoms with Gasteiger partial charge in [-0.05, 0) is 48.2 Å². The second-order valence-electron chi connectivity index (χ2n) is 7.95. The molecular weight excluding hydrogens is 405 g/mol. The quantitative estimate of drug-likeness (QED) is 0.453. The first-order valence-corrected chi connectivity index (χ1v) is 10.7. The van der Waals surface area contributed by atoms with Crippen LogP contribution in [0.15, 0.2) is 73.3 Å². The Labute approximate surface area is 186 Å². The molecule has 1 aliphatic rings. The Morgan fingerprint density at radius 3 is 2.53 bits per heavy atom. The minimum atomic E-state index is -0.201. The summed E-state index contributed by atoms with van der Waals surface area (Å²) in [5.41, 5.74) is 1.13. The van der Waals surface area contributed by atoms with E-state index in [0.717, 1.165) is 48.3 Å². The van der Waals surface area contributed by atoms with E-state index < -0.39 is 0 Å². The van der Waals surface area contributed by atoms with Gasteiger partial charge in [-0.25, -0.2) is 14.4 Å². The van der Waals surface area contributed by atoms with Gasteiger partial charge in [0.15, 0.2) is 0 Å². The molecule has 5 rings (SSSR count). The van der Waals surface area contributed by atoms with Crippen molar-refractivity contribution in [3.05, 3.63) is 84.7 Å². The highest BCUT2D eigenvalue weighted by Gasteiger charge is 2.23. The van der Waals surface area contributed by atoms with Gasteiger partial charge >= 0.3 is 0 Å². The maximum atomic E-state index is 13.2. The number of piperazine rings is 1. The predicted octanol–water partition coefficient (Wildman–Crippen LogP) is 4.84.